The molecular weight excluding hydrogens is 644 g/mol. The van der Waals surface area contributed by atoms with Gasteiger partial charge < -0.3 is 43.9 Å². The van der Waals surface area contributed by atoms with Crippen LogP contribution in [0.25, 0.3) is 11.0 Å². The maximum absolute atomic E-state index is 12.9. The van der Waals surface area contributed by atoms with E-state index in [0.29, 0.717) is 106 Å². The van der Waals surface area contributed by atoms with Gasteiger partial charge in [0.15, 0.2) is 11.6 Å². The average molecular weight is 691 g/mol. The number of carbonyl (C=O) groups excluding carboxylic acids is 1. The molecule has 1 fully saturated rings. The van der Waals surface area contributed by atoms with Gasteiger partial charge in [0.25, 0.3) is 0 Å². The van der Waals surface area contributed by atoms with Crippen molar-refractivity contribution in [3.05, 3.63) is 29.8 Å². The van der Waals surface area contributed by atoms with Gasteiger partial charge in [-0.15, -0.1) is 0 Å². The van der Waals surface area contributed by atoms with Gasteiger partial charge in [0, 0.05) is 81.3 Å². The Kier molecular flexibility index (Phi) is 13.4. The van der Waals surface area contributed by atoms with Crippen LogP contribution in [-0.4, -0.2) is 147 Å². The molecule has 3 aromatic rings. The summed E-state index contributed by atoms with van der Waals surface area (Å²) >= 11 is 0. The lowest BCUT2D eigenvalue weighted by molar-refractivity contribution is -0.129. The lowest BCUT2D eigenvalue weighted by atomic mass is 10.2. The number of ether oxygens (including phenoxy) is 4. The van der Waals surface area contributed by atoms with Gasteiger partial charge in [0.1, 0.15) is 11.0 Å². The maximum Gasteiger partial charge on any atom is 0.241 e. The molecule has 0 saturated carbocycles. The van der Waals surface area contributed by atoms with Gasteiger partial charge in [-0.2, -0.15) is 9.97 Å². The number of carbonyl (C=O) groups is 1. The van der Waals surface area contributed by atoms with Crippen molar-refractivity contribution in [1.29, 1.82) is 0 Å². The Morgan fingerprint density at radius 2 is 1.40 bits per heavy atom. The van der Waals surface area contributed by atoms with Crippen molar-refractivity contribution in [2.75, 3.05) is 128 Å². The van der Waals surface area contributed by atoms with Crippen molar-refractivity contribution >= 4 is 50.5 Å². The number of rotatable bonds is 19. The summed E-state index contributed by atoms with van der Waals surface area (Å²) < 4.78 is 45.6. The molecule has 0 spiro atoms. The molecule has 17 nitrogen and oxygen atoms in total. The van der Waals surface area contributed by atoms with Crippen molar-refractivity contribution in [2.45, 2.75) is 11.4 Å². The highest BCUT2D eigenvalue weighted by molar-refractivity contribution is 7.89. The average Bonchev–Trinajstić information content (AvgIpc) is 3.08. The molecule has 1 aliphatic rings. The molecule has 1 aromatic carbocycles. The maximum atomic E-state index is 12.9. The summed E-state index contributed by atoms with van der Waals surface area (Å²) in [4.78, 5) is 40.3. The summed E-state index contributed by atoms with van der Waals surface area (Å²) in [5.74, 6) is 1.60. The van der Waals surface area contributed by atoms with Crippen LogP contribution in [0.1, 0.15) is 5.56 Å². The normalized spacial score (nSPS) is 13.8. The molecule has 2 aromatic heterocycles. The van der Waals surface area contributed by atoms with Crippen molar-refractivity contribution in [1.82, 2.24) is 24.8 Å². The number of hydrogen-bond donors (Lipinski definition) is 2. The molecule has 1 amide bonds. The molecule has 0 bridgehead atoms. The summed E-state index contributed by atoms with van der Waals surface area (Å²) in [6, 6.07) is 6.37. The van der Waals surface area contributed by atoms with Crippen LogP contribution in [0.15, 0.2) is 29.2 Å². The second-order valence-corrected chi connectivity index (χ2v) is 12.7. The molecule has 1 aliphatic heterocycles. The van der Waals surface area contributed by atoms with Crippen LogP contribution in [0.5, 0.6) is 0 Å². The first-order valence-electron chi connectivity index (χ1n) is 15.5. The first-order chi connectivity index (χ1) is 23.1. The van der Waals surface area contributed by atoms with Crippen molar-refractivity contribution < 1.29 is 32.2 Å². The first kappa shape index (κ1) is 36.9. The third kappa shape index (κ3) is 9.57. The van der Waals surface area contributed by atoms with Crippen LogP contribution in [0.2, 0.25) is 0 Å². The summed E-state index contributed by atoms with van der Waals surface area (Å²) in [5.41, 5.74) is 1.53. The number of likely N-dealkylation sites (N-methyl/N-ethyl adjacent to an activating group) is 1. The van der Waals surface area contributed by atoms with E-state index < -0.39 is 10.0 Å². The zero-order valence-electron chi connectivity index (χ0n) is 28.2. The number of anilines is 4. The highest BCUT2D eigenvalue weighted by Crippen LogP contribution is 2.32. The standard InChI is InChI=1S/C30H46N10O7S/c1-37-9-10-40(21-24(37)41)28-26-25(33-30(36-28)39(13-17-46-4)14-18-47-5)27(32-20-22-7-6-8-23(19-22)48(31,42)43)35-29(34-26)38(11-15-44-2)12-16-45-3/h6-8,19H,9-18,20-21H2,1-5H3,(H2,31,42,43)(H,32,34,35). The van der Waals surface area contributed by atoms with Crippen LogP contribution in [-0.2, 0) is 40.3 Å². The zero-order chi connectivity index (χ0) is 34.7. The Hall–Kier alpha value is -3.94. The van der Waals surface area contributed by atoms with E-state index in [-0.39, 0.29) is 23.9 Å². The van der Waals surface area contributed by atoms with Gasteiger partial charge >= 0.3 is 0 Å². The number of hydrogen-bond acceptors (Lipinski definition) is 15. The largest absolute Gasteiger partial charge is 0.383 e. The number of nitrogens with two attached hydrogens (primary N) is 1. The molecule has 3 heterocycles. The molecule has 4 rings (SSSR count). The fourth-order valence-electron chi connectivity index (χ4n) is 4.99. The van der Waals surface area contributed by atoms with E-state index in [1.54, 1.807) is 52.5 Å². The number of piperazine rings is 1. The Bertz CT molecular complexity index is 1620. The SMILES string of the molecule is COCCN(CCOC)c1nc(N2CCN(C)C(=O)C2)c2nc(N(CCOC)CCOC)nc(NCc3cccc(S(N)(=O)=O)c3)c2n1. The number of amides is 1. The highest BCUT2D eigenvalue weighted by atomic mass is 32.2. The second kappa shape index (κ2) is 17.5. The van der Waals surface area contributed by atoms with Crippen molar-refractivity contribution in [2.24, 2.45) is 5.14 Å². The van der Waals surface area contributed by atoms with Gasteiger partial charge in [0.2, 0.25) is 27.8 Å². The topological polar surface area (TPSA) is 191 Å². The lowest BCUT2D eigenvalue weighted by Crippen LogP contribution is -2.49. The smallest absolute Gasteiger partial charge is 0.241 e. The Morgan fingerprint density at radius 3 is 1.94 bits per heavy atom. The third-order valence-corrected chi connectivity index (χ3v) is 8.68. The van der Waals surface area contributed by atoms with Gasteiger partial charge in [-0.3, -0.25) is 4.79 Å². The molecular formula is C30H46N10O7S. The van der Waals surface area contributed by atoms with E-state index in [4.69, 9.17) is 44.0 Å². The minimum atomic E-state index is -3.90. The van der Waals surface area contributed by atoms with E-state index in [1.807, 2.05) is 14.7 Å². The van der Waals surface area contributed by atoms with Crippen molar-refractivity contribution in [3.63, 3.8) is 0 Å². The van der Waals surface area contributed by atoms with Gasteiger partial charge in [0.05, 0.1) is 37.9 Å². The van der Waals surface area contributed by atoms with Crippen LogP contribution < -0.4 is 25.2 Å². The molecule has 0 radical (unpaired) electrons. The van der Waals surface area contributed by atoms with E-state index in [1.165, 1.54) is 12.1 Å². The number of nitrogens with zero attached hydrogens (tertiary/aromatic N) is 8. The van der Waals surface area contributed by atoms with Crippen LogP contribution >= 0.6 is 0 Å². The van der Waals surface area contributed by atoms with Gasteiger partial charge in [-0.1, -0.05) is 12.1 Å². The third-order valence-electron chi connectivity index (χ3n) is 7.77. The first-order valence-corrected chi connectivity index (χ1v) is 17.0. The predicted octanol–water partition coefficient (Wildman–Crippen LogP) is 0.156. The number of benzene rings is 1. The molecule has 0 atom stereocenters. The highest BCUT2D eigenvalue weighted by Gasteiger charge is 2.28. The minimum absolute atomic E-state index is 0.00102. The lowest BCUT2D eigenvalue weighted by Gasteiger charge is -2.34. The number of sulfonamides is 1. The Labute approximate surface area is 281 Å². The van der Waals surface area contributed by atoms with E-state index in [2.05, 4.69) is 5.32 Å². The number of nitrogens with one attached hydrogen (secondary N) is 1. The quantitative estimate of drug-likeness (QED) is 0.173. The molecule has 3 N–H and O–H groups in total. The molecule has 18 heteroatoms. The molecule has 264 valence electrons. The monoisotopic (exact) mass is 690 g/mol. The number of primary sulfonamides is 1. The fourth-order valence-corrected chi connectivity index (χ4v) is 5.57. The summed E-state index contributed by atoms with van der Waals surface area (Å²) in [7, 11) is 4.36. The van der Waals surface area contributed by atoms with Crippen molar-refractivity contribution in [3.8, 4) is 0 Å². The second-order valence-electron chi connectivity index (χ2n) is 11.1. The summed E-state index contributed by atoms with van der Waals surface area (Å²) in [6.45, 7) is 4.93. The molecule has 48 heavy (non-hydrogen) atoms. The fraction of sp³-hybridized carbons (Fsp3) is 0.567. The predicted molar refractivity (Wildman–Crippen MR) is 182 cm³/mol. The summed E-state index contributed by atoms with van der Waals surface area (Å²) in [6.07, 6.45) is 0. The molecule has 0 unspecified atom stereocenters. The van der Waals surface area contributed by atoms with Gasteiger partial charge in [-0.05, 0) is 17.7 Å². The number of methoxy groups -OCH3 is 4. The van der Waals surface area contributed by atoms with Crippen LogP contribution in [0, 0.1) is 0 Å². The number of fused-ring (bicyclic) bond motifs is 1. The van der Waals surface area contributed by atoms with E-state index in [0.717, 1.165) is 0 Å². The molecule has 0 aliphatic carbocycles. The number of aromatic nitrogens is 4. The molecule has 1 saturated heterocycles. The van der Waals surface area contributed by atoms with Gasteiger partial charge in [-0.25, -0.2) is 23.5 Å². The Balaban J connectivity index is 1.93. The van der Waals surface area contributed by atoms with Crippen LogP contribution in [0.4, 0.5) is 23.5 Å². The minimum Gasteiger partial charge on any atom is -0.383 e. The summed E-state index contributed by atoms with van der Waals surface area (Å²) in [5, 5.41) is 8.76. The van der Waals surface area contributed by atoms with E-state index >= 15 is 0 Å². The Morgan fingerprint density at radius 1 is 0.833 bits per heavy atom. The van der Waals surface area contributed by atoms with E-state index in [9.17, 15) is 13.2 Å². The zero-order valence-corrected chi connectivity index (χ0v) is 29.0. The van der Waals surface area contributed by atoms with Crippen LogP contribution in [0.3, 0.4) is 0 Å².